The summed E-state index contributed by atoms with van der Waals surface area (Å²) in [7, 11) is 0. The Morgan fingerprint density at radius 1 is 1.00 bits per heavy atom. The largest absolute Gasteiger partial charge is 0.294 e. The highest BCUT2D eigenvalue weighted by atomic mass is 79.9. The average molecular weight is 423 g/mol. The van der Waals surface area contributed by atoms with E-state index in [2.05, 4.69) is 31.9 Å². The first-order valence-corrected chi connectivity index (χ1v) is 7.74. The molecule has 0 saturated carbocycles. The number of hydrogen-bond acceptors (Lipinski definition) is 1. The minimum atomic E-state index is 0.00147. The second-order valence-corrected chi connectivity index (χ2v) is 6.55. The molecule has 0 bridgehead atoms. The van der Waals surface area contributed by atoms with Gasteiger partial charge in [-0.05, 0) is 51.8 Å². The van der Waals surface area contributed by atoms with Gasteiger partial charge in [0, 0.05) is 26.0 Å². The molecule has 0 aliphatic carbocycles. The summed E-state index contributed by atoms with van der Waals surface area (Å²) in [6, 6.07) is 10.6. The van der Waals surface area contributed by atoms with E-state index >= 15 is 0 Å². The van der Waals surface area contributed by atoms with Crippen LogP contribution in [0.5, 0.6) is 0 Å². The van der Waals surface area contributed by atoms with Gasteiger partial charge in [0.2, 0.25) is 0 Å². The summed E-state index contributed by atoms with van der Waals surface area (Å²) in [5, 5.41) is 1.16. The van der Waals surface area contributed by atoms with Gasteiger partial charge in [-0.25, -0.2) is 0 Å². The average Bonchev–Trinajstić information content (AvgIpc) is 2.36. The highest BCUT2D eigenvalue weighted by molar-refractivity contribution is 9.10. The molecule has 1 nitrogen and oxygen atoms in total. The molecule has 2 aromatic carbocycles. The third kappa shape index (κ3) is 3.82. The maximum Gasteiger partial charge on any atom is 0.167 e. The van der Waals surface area contributed by atoms with Gasteiger partial charge in [-0.3, -0.25) is 4.79 Å². The van der Waals surface area contributed by atoms with E-state index in [1.165, 1.54) is 0 Å². The van der Waals surface area contributed by atoms with Crippen molar-refractivity contribution in [3.05, 3.63) is 66.5 Å². The predicted octanol–water partition coefficient (Wildman–Crippen LogP) is 5.94. The topological polar surface area (TPSA) is 17.1 Å². The minimum absolute atomic E-state index is 0.00147. The zero-order valence-corrected chi connectivity index (χ0v) is 14.3. The molecular formula is C14H8Br2Cl2O. The Bertz CT molecular complexity index is 641. The second-order valence-electron chi connectivity index (χ2n) is 3.96. The van der Waals surface area contributed by atoms with Gasteiger partial charge in [0.15, 0.2) is 5.78 Å². The van der Waals surface area contributed by atoms with Crippen molar-refractivity contribution in [2.45, 2.75) is 6.42 Å². The van der Waals surface area contributed by atoms with E-state index in [0.717, 1.165) is 10.0 Å². The van der Waals surface area contributed by atoms with E-state index in [9.17, 15) is 4.79 Å². The van der Waals surface area contributed by atoms with Crippen molar-refractivity contribution in [2.24, 2.45) is 0 Å². The van der Waals surface area contributed by atoms with E-state index in [4.69, 9.17) is 23.2 Å². The molecule has 2 rings (SSSR count). The molecule has 0 atom stereocenters. The molecule has 0 radical (unpaired) electrons. The molecule has 0 spiro atoms. The lowest BCUT2D eigenvalue weighted by molar-refractivity contribution is 0.0993. The van der Waals surface area contributed by atoms with E-state index in [0.29, 0.717) is 20.1 Å². The highest BCUT2D eigenvalue weighted by Gasteiger charge is 2.11. The summed E-state index contributed by atoms with van der Waals surface area (Å²) < 4.78 is 1.60. The van der Waals surface area contributed by atoms with E-state index in [1.54, 1.807) is 24.3 Å². The molecule has 0 amide bonds. The molecule has 0 aromatic heterocycles. The molecule has 0 aliphatic heterocycles. The van der Waals surface area contributed by atoms with E-state index in [-0.39, 0.29) is 12.2 Å². The van der Waals surface area contributed by atoms with Gasteiger partial charge in [0.1, 0.15) is 0 Å². The van der Waals surface area contributed by atoms with Crippen LogP contribution < -0.4 is 0 Å². The lowest BCUT2D eigenvalue weighted by Gasteiger charge is -2.05. The van der Waals surface area contributed by atoms with Crippen LogP contribution in [0.3, 0.4) is 0 Å². The molecule has 5 heteroatoms. The van der Waals surface area contributed by atoms with Crippen LogP contribution in [0.1, 0.15) is 15.9 Å². The fourth-order valence-electron chi connectivity index (χ4n) is 1.61. The first kappa shape index (κ1) is 15.0. The third-order valence-electron chi connectivity index (χ3n) is 2.61. The summed E-state index contributed by atoms with van der Waals surface area (Å²) in [6.07, 6.45) is 0.264. The minimum Gasteiger partial charge on any atom is -0.294 e. The molecule has 19 heavy (non-hydrogen) atoms. The predicted molar refractivity (Wildman–Crippen MR) is 86.3 cm³/mol. The molecule has 0 heterocycles. The second kappa shape index (κ2) is 6.40. The first-order chi connectivity index (χ1) is 8.97. The summed E-state index contributed by atoms with van der Waals surface area (Å²) in [5.41, 5.74) is 1.41. The lowest BCUT2D eigenvalue weighted by Crippen LogP contribution is -2.04. The van der Waals surface area contributed by atoms with Crippen LogP contribution in [-0.2, 0) is 6.42 Å². The lowest BCUT2D eigenvalue weighted by atomic mass is 10.0. The van der Waals surface area contributed by atoms with Gasteiger partial charge in [-0.1, -0.05) is 45.2 Å². The van der Waals surface area contributed by atoms with Crippen LogP contribution in [0.25, 0.3) is 0 Å². The number of hydrogen-bond donors (Lipinski definition) is 0. The number of ketones is 1. The van der Waals surface area contributed by atoms with Crippen molar-refractivity contribution in [1.29, 1.82) is 0 Å². The van der Waals surface area contributed by atoms with Gasteiger partial charge in [0.05, 0.1) is 5.02 Å². The Labute approximate surface area is 138 Å². The molecular weight excluding hydrogens is 415 g/mol. The fraction of sp³-hybridized carbons (Fsp3) is 0.0714. The van der Waals surface area contributed by atoms with Crippen molar-refractivity contribution < 1.29 is 4.79 Å². The Morgan fingerprint density at radius 3 is 2.37 bits per heavy atom. The number of benzene rings is 2. The quantitative estimate of drug-likeness (QED) is 0.559. The van der Waals surface area contributed by atoms with E-state index < -0.39 is 0 Å². The number of Topliss-reactive ketones (excluding diaryl/α,β-unsaturated/α-hetero) is 1. The monoisotopic (exact) mass is 420 g/mol. The van der Waals surface area contributed by atoms with Crippen LogP contribution in [0.15, 0.2) is 45.3 Å². The summed E-state index contributed by atoms with van der Waals surface area (Å²) in [5.74, 6) is 0.00147. The third-order valence-corrected chi connectivity index (χ3v) is 4.67. The van der Waals surface area contributed by atoms with Crippen LogP contribution in [-0.4, -0.2) is 5.78 Å². The number of carbonyl (C=O) groups is 1. The summed E-state index contributed by atoms with van der Waals surface area (Å²) >= 11 is 18.7. The smallest absolute Gasteiger partial charge is 0.167 e. The fourth-order valence-corrected chi connectivity index (χ4v) is 2.85. The van der Waals surface area contributed by atoms with Crippen LogP contribution >= 0.6 is 55.1 Å². The van der Waals surface area contributed by atoms with Crippen molar-refractivity contribution in [2.75, 3.05) is 0 Å². The van der Waals surface area contributed by atoms with Crippen LogP contribution in [0.2, 0.25) is 10.0 Å². The number of rotatable bonds is 3. The van der Waals surface area contributed by atoms with Crippen LogP contribution in [0, 0.1) is 0 Å². The zero-order chi connectivity index (χ0) is 14.0. The Hall–Kier alpha value is -0.350. The molecule has 98 valence electrons. The van der Waals surface area contributed by atoms with Gasteiger partial charge >= 0.3 is 0 Å². The van der Waals surface area contributed by atoms with Gasteiger partial charge in [-0.15, -0.1) is 0 Å². The van der Waals surface area contributed by atoms with Gasteiger partial charge < -0.3 is 0 Å². The molecule has 0 fully saturated rings. The maximum atomic E-state index is 12.2. The SMILES string of the molecule is O=C(Cc1ccc(Br)cc1Cl)c1ccc(Cl)c(Br)c1. The molecule has 0 N–H and O–H groups in total. The standard InChI is InChI=1S/C14H8Br2Cl2O/c15-10-3-1-8(13(18)7-10)6-14(19)9-2-4-12(17)11(16)5-9/h1-5,7H,6H2. The Morgan fingerprint density at radius 2 is 1.74 bits per heavy atom. The number of carbonyl (C=O) groups excluding carboxylic acids is 1. The van der Waals surface area contributed by atoms with Crippen molar-refractivity contribution in [1.82, 2.24) is 0 Å². The Balaban J connectivity index is 2.23. The molecule has 0 saturated heterocycles. The maximum absolute atomic E-state index is 12.2. The van der Waals surface area contributed by atoms with Gasteiger partial charge in [0.25, 0.3) is 0 Å². The number of halogens is 4. The molecule has 0 unspecified atom stereocenters. The Kier molecular flexibility index (Phi) is 5.07. The first-order valence-electron chi connectivity index (χ1n) is 5.39. The van der Waals surface area contributed by atoms with Crippen molar-refractivity contribution >= 4 is 60.8 Å². The summed E-state index contributed by atoms with van der Waals surface area (Å²) in [6.45, 7) is 0. The van der Waals surface area contributed by atoms with Crippen molar-refractivity contribution in [3.63, 3.8) is 0 Å². The van der Waals surface area contributed by atoms with Gasteiger partial charge in [-0.2, -0.15) is 0 Å². The molecule has 0 aliphatic rings. The van der Waals surface area contributed by atoms with Crippen molar-refractivity contribution in [3.8, 4) is 0 Å². The van der Waals surface area contributed by atoms with E-state index in [1.807, 2.05) is 12.1 Å². The van der Waals surface area contributed by atoms with Crippen LogP contribution in [0.4, 0.5) is 0 Å². The zero-order valence-electron chi connectivity index (χ0n) is 9.59. The normalized spacial score (nSPS) is 10.5. The molecule has 2 aromatic rings. The summed E-state index contributed by atoms with van der Waals surface area (Å²) in [4.78, 5) is 12.2. The highest BCUT2D eigenvalue weighted by Crippen LogP contribution is 2.26.